The van der Waals surface area contributed by atoms with Crippen molar-refractivity contribution in [1.29, 1.82) is 0 Å². The number of carbonyl (C=O) groups is 2. The zero-order valence-electron chi connectivity index (χ0n) is 13.7. The molecular formula is C17H19F3N2O2S. The lowest BCUT2D eigenvalue weighted by Gasteiger charge is -2.29. The number of fused-ring (bicyclic) bond motifs is 1. The highest BCUT2D eigenvalue weighted by Gasteiger charge is 2.52. The average Bonchev–Trinajstić information content (AvgIpc) is 3.04. The topological polar surface area (TPSA) is 49.4 Å². The molecule has 0 unspecified atom stereocenters. The Balaban J connectivity index is 1.52. The van der Waals surface area contributed by atoms with Crippen LogP contribution in [0.3, 0.4) is 0 Å². The van der Waals surface area contributed by atoms with Gasteiger partial charge in [0.15, 0.2) is 0 Å². The molecular weight excluding hydrogens is 353 g/mol. The van der Waals surface area contributed by atoms with E-state index in [1.165, 1.54) is 12.1 Å². The molecule has 0 saturated carbocycles. The Morgan fingerprint density at radius 2 is 2.04 bits per heavy atom. The van der Waals surface area contributed by atoms with Crippen molar-refractivity contribution >= 4 is 23.6 Å². The van der Waals surface area contributed by atoms with Crippen LogP contribution in [0.25, 0.3) is 0 Å². The minimum Gasteiger partial charge on any atom is -0.354 e. The number of nitrogens with one attached hydrogen (secondary N) is 1. The first-order valence-electron chi connectivity index (χ1n) is 8.11. The van der Waals surface area contributed by atoms with Crippen molar-refractivity contribution in [2.75, 3.05) is 12.3 Å². The van der Waals surface area contributed by atoms with Crippen LogP contribution >= 0.6 is 11.8 Å². The van der Waals surface area contributed by atoms with E-state index in [9.17, 15) is 22.8 Å². The van der Waals surface area contributed by atoms with Crippen molar-refractivity contribution in [2.45, 2.75) is 43.3 Å². The van der Waals surface area contributed by atoms with Gasteiger partial charge in [-0.1, -0.05) is 12.1 Å². The summed E-state index contributed by atoms with van der Waals surface area (Å²) in [6.45, 7) is 2.31. The van der Waals surface area contributed by atoms with Gasteiger partial charge in [-0.3, -0.25) is 9.59 Å². The third kappa shape index (κ3) is 3.63. The van der Waals surface area contributed by atoms with Gasteiger partial charge in [0.2, 0.25) is 11.8 Å². The molecule has 25 heavy (non-hydrogen) atoms. The van der Waals surface area contributed by atoms with E-state index in [0.717, 1.165) is 24.1 Å². The minimum absolute atomic E-state index is 0.00962. The Bertz CT molecular complexity index is 677. The van der Waals surface area contributed by atoms with Gasteiger partial charge in [0.1, 0.15) is 6.04 Å². The molecule has 0 radical (unpaired) electrons. The van der Waals surface area contributed by atoms with Crippen molar-refractivity contribution < 1.29 is 22.8 Å². The maximum Gasteiger partial charge on any atom is 0.416 e. The molecule has 2 fully saturated rings. The smallest absolute Gasteiger partial charge is 0.354 e. The lowest BCUT2D eigenvalue weighted by molar-refractivity contribution is -0.138. The van der Waals surface area contributed by atoms with Crippen molar-refractivity contribution in [2.24, 2.45) is 0 Å². The number of benzene rings is 1. The van der Waals surface area contributed by atoms with Crippen LogP contribution in [-0.2, 0) is 22.2 Å². The van der Waals surface area contributed by atoms with Gasteiger partial charge in [0.05, 0.1) is 10.4 Å². The van der Waals surface area contributed by atoms with E-state index < -0.39 is 17.8 Å². The Kier molecular flexibility index (Phi) is 4.74. The Labute approximate surface area is 148 Å². The number of nitrogens with zero attached hydrogens (tertiary/aromatic N) is 1. The van der Waals surface area contributed by atoms with E-state index in [1.807, 2.05) is 6.92 Å². The third-order valence-corrected chi connectivity index (χ3v) is 6.25. The van der Waals surface area contributed by atoms with Gasteiger partial charge in [0, 0.05) is 18.7 Å². The average molecular weight is 372 g/mol. The number of amides is 2. The number of alkyl halides is 3. The second-order valence-corrected chi connectivity index (χ2v) is 8.00. The number of halogens is 3. The first-order valence-corrected chi connectivity index (χ1v) is 9.09. The second-order valence-electron chi connectivity index (χ2n) is 6.50. The molecule has 0 bridgehead atoms. The summed E-state index contributed by atoms with van der Waals surface area (Å²) < 4.78 is 37.6. The summed E-state index contributed by atoms with van der Waals surface area (Å²) >= 11 is 1.63. The van der Waals surface area contributed by atoms with Gasteiger partial charge in [-0.25, -0.2) is 0 Å². The predicted octanol–water partition coefficient (Wildman–Crippen LogP) is 2.82. The number of hydrogen-bond donors (Lipinski definition) is 1. The molecule has 3 rings (SSSR count). The molecule has 2 aliphatic rings. The first kappa shape index (κ1) is 18.1. The summed E-state index contributed by atoms with van der Waals surface area (Å²) in [6, 6.07) is 4.46. The fraction of sp³-hybridized carbons (Fsp3) is 0.529. The summed E-state index contributed by atoms with van der Waals surface area (Å²) in [5.41, 5.74) is 0.0336. The molecule has 8 heteroatoms. The molecule has 1 aromatic carbocycles. The standard InChI is InChI=1S/C17H19F3N2O2S/c1-16-8-6-14(23)22(16)13(10-25-16)15(24)21-9-7-11-2-4-12(5-3-11)17(18,19)20/h2-5,13H,6-10H2,1H3,(H,21,24)/t13-,16-/m0/s1. The summed E-state index contributed by atoms with van der Waals surface area (Å²) in [5.74, 6) is 0.391. The van der Waals surface area contributed by atoms with E-state index in [1.54, 1.807) is 16.7 Å². The SMILES string of the molecule is C[C@]12CCC(=O)N1[C@H](C(=O)NCCc1ccc(C(F)(F)F)cc1)CS2. The van der Waals surface area contributed by atoms with Crippen LogP contribution in [0.5, 0.6) is 0 Å². The van der Waals surface area contributed by atoms with Gasteiger partial charge >= 0.3 is 6.18 Å². The molecule has 2 aliphatic heterocycles. The minimum atomic E-state index is -4.35. The normalized spacial score (nSPS) is 26.0. The summed E-state index contributed by atoms with van der Waals surface area (Å²) in [7, 11) is 0. The molecule has 1 aromatic rings. The molecule has 1 N–H and O–H groups in total. The van der Waals surface area contributed by atoms with Crippen LogP contribution < -0.4 is 5.32 Å². The third-order valence-electron chi connectivity index (χ3n) is 4.74. The highest BCUT2D eigenvalue weighted by atomic mass is 32.2. The van der Waals surface area contributed by atoms with Crippen molar-refractivity contribution in [3.63, 3.8) is 0 Å². The van der Waals surface area contributed by atoms with Crippen LogP contribution in [0.15, 0.2) is 24.3 Å². The fourth-order valence-corrected chi connectivity index (χ4v) is 4.75. The maximum absolute atomic E-state index is 12.5. The molecule has 2 heterocycles. The number of thioether (sulfide) groups is 1. The lowest BCUT2D eigenvalue weighted by atomic mass is 10.1. The second kappa shape index (κ2) is 6.55. The lowest BCUT2D eigenvalue weighted by Crippen LogP contribution is -2.50. The molecule has 0 spiro atoms. The van der Waals surface area contributed by atoms with Gasteiger partial charge in [-0.15, -0.1) is 11.8 Å². The van der Waals surface area contributed by atoms with E-state index in [4.69, 9.17) is 0 Å². The highest BCUT2D eigenvalue weighted by Crippen LogP contribution is 2.47. The van der Waals surface area contributed by atoms with Crippen LogP contribution in [0.1, 0.15) is 30.9 Å². The van der Waals surface area contributed by atoms with Crippen LogP contribution in [0, 0.1) is 0 Å². The van der Waals surface area contributed by atoms with Gasteiger partial charge in [-0.2, -0.15) is 13.2 Å². The Hall–Kier alpha value is -1.70. The van der Waals surface area contributed by atoms with Crippen molar-refractivity contribution in [1.82, 2.24) is 10.2 Å². The largest absolute Gasteiger partial charge is 0.416 e. The summed E-state index contributed by atoms with van der Waals surface area (Å²) in [5, 5.41) is 2.80. The molecule has 2 amide bonds. The maximum atomic E-state index is 12.5. The summed E-state index contributed by atoms with van der Waals surface area (Å²) in [4.78, 5) is 25.8. The zero-order valence-corrected chi connectivity index (χ0v) is 14.5. The zero-order chi connectivity index (χ0) is 18.2. The first-order chi connectivity index (χ1) is 11.7. The van der Waals surface area contributed by atoms with Gasteiger partial charge in [0.25, 0.3) is 0 Å². The number of rotatable bonds is 4. The van der Waals surface area contributed by atoms with Crippen LogP contribution in [0.2, 0.25) is 0 Å². The van der Waals surface area contributed by atoms with Crippen LogP contribution in [-0.4, -0.2) is 39.9 Å². The van der Waals surface area contributed by atoms with Crippen LogP contribution in [0.4, 0.5) is 13.2 Å². The number of hydrogen-bond acceptors (Lipinski definition) is 3. The molecule has 2 saturated heterocycles. The molecule has 0 aliphatic carbocycles. The quantitative estimate of drug-likeness (QED) is 0.884. The van der Waals surface area contributed by atoms with E-state index >= 15 is 0 Å². The number of carbonyl (C=O) groups excluding carboxylic acids is 2. The van der Waals surface area contributed by atoms with E-state index in [0.29, 0.717) is 25.1 Å². The van der Waals surface area contributed by atoms with Crippen molar-refractivity contribution in [3.8, 4) is 0 Å². The summed E-state index contributed by atoms with van der Waals surface area (Å²) in [6.07, 6.45) is -2.68. The van der Waals surface area contributed by atoms with Gasteiger partial charge < -0.3 is 10.2 Å². The molecule has 4 nitrogen and oxygen atoms in total. The predicted molar refractivity (Wildman–Crippen MR) is 88.9 cm³/mol. The molecule has 2 atom stereocenters. The van der Waals surface area contributed by atoms with E-state index in [-0.39, 0.29) is 16.7 Å². The van der Waals surface area contributed by atoms with E-state index in [2.05, 4.69) is 5.32 Å². The Morgan fingerprint density at radius 1 is 1.36 bits per heavy atom. The highest BCUT2D eigenvalue weighted by molar-refractivity contribution is 8.01. The molecule has 0 aromatic heterocycles. The van der Waals surface area contributed by atoms with Crippen molar-refractivity contribution in [3.05, 3.63) is 35.4 Å². The monoisotopic (exact) mass is 372 g/mol. The Morgan fingerprint density at radius 3 is 2.68 bits per heavy atom. The fourth-order valence-electron chi connectivity index (χ4n) is 3.32. The van der Waals surface area contributed by atoms with Gasteiger partial charge in [-0.05, 0) is 37.5 Å². The molecule has 136 valence electrons.